The summed E-state index contributed by atoms with van der Waals surface area (Å²) in [5, 5.41) is 6.77. The standard InChI is InChI=1S/C23H30N6O.HI/c1-24-23(27-19-15-22(30)29(17-19)20-8-4-2-5-9-20)26-16-18-10-11-25-21(14-18)28-12-6-3-7-13-28;/h2,4-5,8-11,14,19H,3,6-7,12-13,15-17H2,1H3,(H2,24,26,27);1H. The Balaban J connectivity index is 0.00000272. The van der Waals surface area contributed by atoms with Gasteiger partial charge in [0, 0.05) is 51.5 Å². The Bertz CT molecular complexity index is 885. The van der Waals surface area contributed by atoms with Crippen LogP contribution in [0.2, 0.25) is 0 Å². The molecule has 0 spiro atoms. The van der Waals surface area contributed by atoms with E-state index >= 15 is 0 Å². The number of para-hydroxylation sites is 1. The number of nitrogens with zero attached hydrogens (tertiary/aromatic N) is 4. The number of amides is 1. The number of aliphatic imine (C=N–C) groups is 1. The molecule has 2 aliphatic rings. The van der Waals surface area contributed by atoms with Crippen LogP contribution in [-0.4, -0.2) is 49.6 Å². The fraction of sp³-hybridized carbons (Fsp3) is 0.435. The number of benzene rings is 1. The Labute approximate surface area is 201 Å². The van der Waals surface area contributed by atoms with Gasteiger partial charge in [-0.3, -0.25) is 9.79 Å². The average molecular weight is 534 g/mol. The normalized spacial score (nSPS) is 19.2. The van der Waals surface area contributed by atoms with Crippen molar-refractivity contribution in [3.8, 4) is 0 Å². The third-order valence-electron chi connectivity index (χ3n) is 5.71. The van der Waals surface area contributed by atoms with E-state index in [9.17, 15) is 4.79 Å². The summed E-state index contributed by atoms with van der Waals surface area (Å²) < 4.78 is 0. The van der Waals surface area contributed by atoms with Crippen LogP contribution in [0.25, 0.3) is 0 Å². The van der Waals surface area contributed by atoms with Crippen LogP contribution >= 0.6 is 24.0 Å². The van der Waals surface area contributed by atoms with Crippen molar-refractivity contribution in [2.45, 2.75) is 38.3 Å². The monoisotopic (exact) mass is 534 g/mol. The molecule has 2 aliphatic heterocycles. The van der Waals surface area contributed by atoms with Crippen LogP contribution in [-0.2, 0) is 11.3 Å². The molecule has 166 valence electrons. The number of carbonyl (C=O) groups excluding carboxylic acids is 1. The summed E-state index contributed by atoms with van der Waals surface area (Å²) in [5.41, 5.74) is 2.11. The van der Waals surface area contributed by atoms with Crippen molar-refractivity contribution in [3.05, 3.63) is 54.2 Å². The molecule has 0 saturated carbocycles. The molecule has 7 nitrogen and oxygen atoms in total. The molecule has 3 heterocycles. The van der Waals surface area contributed by atoms with Gasteiger partial charge in [0.25, 0.3) is 0 Å². The molecule has 2 saturated heterocycles. The van der Waals surface area contributed by atoms with Crippen molar-refractivity contribution in [2.24, 2.45) is 4.99 Å². The SMILES string of the molecule is CN=C(NCc1ccnc(N2CCCCC2)c1)NC1CC(=O)N(c2ccccc2)C1.I. The number of aromatic nitrogens is 1. The van der Waals surface area contributed by atoms with Crippen molar-refractivity contribution in [2.75, 3.05) is 36.5 Å². The number of anilines is 2. The Morgan fingerprint density at radius 1 is 1.16 bits per heavy atom. The van der Waals surface area contributed by atoms with E-state index < -0.39 is 0 Å². The van der Waals surface area contributed by atoms with E-state index in [0.29, 0.717) is 25.5 Å². The van der Waals surface area contributed by atoms with Crippen LogP contribution in [0, 0.1) is 0 Å². The van der Waals surface area contributed by atoms with Gasteiger partial charge in [-0.25, -0.2) is 4.98 Å². The number of nitrogens with one attached hydrogen (secondary N) is 2. The smallest absolute Gasteiger partial charge is 0.229 e. The first-order valence-corrected chi connectivity index (χ1v) is 10.8. The molecule has 1 aromatic carbocycles. The number of rotatable bonds is 5. The third kappa shape index (κ3) is 6.09. The topological polar surface area (TPSA) is 72.9 Å². The zero-order valence-electron chi connectivity index (χ0n) is 18.0. The maximum absolute atomic E-state index is 12.4. The lowest BCUT2D eigenvalue weighted by Crippen LogP contribution is -2.44. The molecule has 31 heavy (non-hydrogen) atoms. The minimum absolute atomic E-state index is 0. The van der Waals surface area contributed by atoms with E-state index in [1.165, 1.54) is 24.8 Å². The van der Waals surface area contributed by atoms with Crippen molar-refractivity contribution < 1.29 is 4.79 Å². The van der Waals surface area contributed by atoms with Crippen LogP contribution in [0.15, 0.2) is 53.7 Å². The molecule has 0 aliphatic carbocycles. The second-order valence-electron chi connectivity index (χ2n) is 7.88. The highest BCUT2D eigenvalue weighted by Crippen LogP contribution is 2.21. The summed E-state index contributed by atoms with van der Waals surface area (Å²) in [7, 11) is 1.76. The second-order valence-corrected chi connectivity index (χ2v) is 7.88. The minimum atomic E-state index is 0. The highest BCUT2D eigenvalue weighted by Gasteiger charge is 2.31. The lowest BCUT2D eigenvalue weighted by Gasteiger charge is -2.28. The molecule has 1 aromatic heterocycles. The van der Waals surface area contributed by atoms with Crippen molar-refractivity contribution >= 4 is 47.3 Å². The predicted octanol–water partition coefficient (Wildman–Crippen LogP) is 3.16. The minimum Gasteiger partial charge on any atom is -0.357 e. The number of guanidine groups is 1. The van der Waals surface area contributed by atoms with Crippen molar-refractivity contribution in [1.82, 2.24) is 15.6 Å². The molecule has 2 aromatic rings. The second kappa shape index (κ2) is 11.3. The largest absolute Gasteiger partial charge is 0.357 e. The van der Waals surface area contributed by atoms with Gasteiger partial charge in [0.2, 0.25) is 5.91 Å². The van der Waals surface area contributed by atoms with Gasteiger partial charge in [-0.15, -0.1) is 24.0 Å². The summed E-state index contributed by atoms with van der Waals surface area (Å²) in [6, 6.07) is 14.0. The maximum atomic E-state index is 12.4. The number of pyridine rings is 1. The lowest BCUT2D eigenvalue weighted by atomic mass is 10.1. The summed E-state index contributed by atoms with van der Waals surface area (Å²) in [4.78, 5) is 25.5. The molecule has 8 heteroatoms. The van der Waals surface area contributed by atoms with Gasteiger partial charge >= 0.3 is 0 Å². The van der Waals surface area contributed by atoms with E-state index in [1.807, 2.05) is 47.5 Å². The molecular weight excluding hydrogens is 503 g/mol. The number of hydrogen-bond donors (Lipinski definition) is 2. The molecule has 0 radical (unpaired) electrons. The third-order valence-corrected chi connectivity index (χ3v) is 5.71. The molecule has 4 rings (SSSR count). The van der Waals surface area contributed by atoms with Crippen LogP contribution in [0.4, 0.5) is 11.5 Å². The average Bonchev–Trinajstić information content (AvgIpc) is 3.18. The van der Waals surface area contributed by atoms with Crippen LogP contribution in [0.3, 0.4) is 0 Å². The first kappa shape index (κ1) is 23.3. The Hall–Kier alpha value is -2.36. The first-order valence-electron chi connectivity index (χ1n) is 10.8. The molecule has 2 N–H and O–H groups in total. The van der Waals surface area contributed by atoms with Gasteiger partial charge in [-0.1, -0.05) is 18.2 Å². The fourth-order valence-corrected chi connectivity index (χ4v) is 4.10. The summed E-state index contributed by atoms with van der Waals surface area (Å²) >= 11 is 0. The van der Waals surface area contributed by atoms with Gasteiger partial charge in [0.1, 0.15) is 5.82 Å². The molecular formula is C23H31IN6O. The van der Waals surface area contributed by atoms with Crippen LogP contribution in [0.1, 0.15) is 31.2 Å². The quantitative estimate of drug-likeness (QED) is 0.351. The maximum Gasteiger partial charge on any atom is 0.229 e. The number of hydrogen-bond acceptors (Lipinski definition) is 4. The van der Waals surface area contributed by atoms with Gasteiger partial charge in [-0.2, -0.15) is 0 Å². The number of halogens is 1. The number of piperidine rings is 1. The Morgan fingerprint density at radius 3 is 2.68 bits per heavy atom. The highest BCUT2D eigenvalue weighted by molar-refractivity contribution is 14.0. The molecule has 1 unspecified atom stereocenters. The molecule has 1 atom stereocenters. The zero-order valence-corrected chi connectivity index (χ0v) is 20.3. The molecule has 0 bridgehead atoms. The van der Waals surface area contributed by atoms with E-state index in [1.54, 1.807) is 7.05 Å². The zero-order chi connectivity index (χ0) is 20.8. The van der Waals surface area contributed by atoms with Gasteiger partial charge in [0.15, 0.2) is 5.96 Å². The van der Waals surface area contributed by atoms with Crippen LogP contribution < -0.4 is 20.4 Å². The van der Waals surface area contributed by atoms with E-state index in [-0.39, 0.29) is 35.9 Å². The van der Waals surface area contributed by atoms with Crippen molar-refractivity contribution in [1.29, 1.82) is 0 Å². The molecule has 1 amide bonds. The summed E-state index contributed by atoms with van der Waals surface area (Å²) in [5.74, 6) is 1.89. The Morgan fingerprint density at radius 2 is 1.94 bits per heavy atom. The van der Waals surface area contributed by atoms with E-state index in [0.717, 1.165) is 24.6 Å². The predicted molar refractivity (Wildman–Crippen MR) is 136 cm³/mol. The summed E-state index contributed by atoms with van der Waals surface area (Å²) in [6.45, 7) is 3.46. The molecule has 2 fully saturated rings. The highest BCUT2D eigenvalue weighted by atomic mass is 127. The number of carbonyl (C=O) groups is 1. The van der Waals surface area contributed by atoms with Gasteiger partial charge in [0.05, 0.1) is 6.04 Å². The fourth-order valence-electron chi connectivity index (χ4n) is 4.10. The van der Waals surface area contributed by atoms with E-state index in [2.05, 4.69) is 31.6 Å². The summed E-state index contributed by atoms with van der Waals surface area (Å²) in [6.07, 6.45) is 6.13. The van der Waals surface area contributed by atoms with Gasteiger partial charge in [-0.05, 0) is 49.1 Å². The first-order chi connectivity index (χ1) is 14.7. The van der Waals surface area contributed by atoms with Crippen LogP contribution in [0.5, 0.6) is 0 Å². The van der Waals surface area contributed by atoms with E-state index in [4.69, 9.17) is 0 Å². The Kier molecular flexibility index (Phi) is 8.51. The lowest BCUT2D eigenvalue weighted by molar-refractivity contribution is -0.117. The van der Waals surface area contributed by atoms with Gasteiger partial charge < -0.3 is 20.4 Å². The van der Waals surface area contributed by atoms with Crippen molar-refractivity contribution in [3.63, 3.8) is 0 Å².